The Kier molecular flexibility index (Phi) is 4.85. The number of hydrogen-bond donors (Lipinski definition) is 1. The minimum Gasteiger partial charge on any atom is -0.493 e. The third-order valence-electron chi connectivity index (χ3n) is 4.66. The number of carbonyl (C=O) groups excluding carboxylic acids is 1. The first-order chi connectivity index (χ1) is 12.8. The predicted octanol–water partition coefficient (Wildman–Crippen LogP) is 5.21. The number of nitrogens with one attached hydrogen (secondary N) is 1. The average Bonchev–Trinajstić information content (AvgIpc) is 2.68. The number of ether oxygens (including phenoxy) is 1. The van der Waals surface area contributed by atoms with Crippen molar-refractivity contribution in [3.63, 3.8) is 0 Å². The van der Waals surface area contributed by atoms with Gasteiger partial charge in [-0.05, 0) is 47.9 Å². The standard InChI is InChI=1S/C22H21NO2S/c1-2-25-20-14-16-8-4-3-7-15(16)13-18(20)22(24)23-19-11-12-26-21-10-6-5-9-17(19)21/h3-10,13-14,19H,2,11-12H2,1H3,(H,23,24). The highest BCUT2D eigenvalue weighted by atomic mass is 32.2. The third-order valence-corrected chi connectivity index (χ3v) is 5.78. The van der Waals surface area contributed by atoms with Crippen LogP contribution in [0.15, 0.2) is 65.6 Å². The lowest BCUT2D eigenvalue weighted by atomic mass is 10.0. The molecule has 0 radical (unpaired) electrons. The number of benzene rings is 3. The summed E-state index contributed by atoms with van der Waals surface area (Å²) in [6, 6.07) is 20.3. The van der Waals surface area contributed by atoms with E-state index in [0.29, 0.717) is 17.9 Å². The van der Waals surface area contributed by atoms with Gasteiger partial charge in [0.2, 0.25) is 0 Å². The van der Waals surface area contributed by atoms with Crippen LogP contribution in [0.3, 0.4) is 0 Å². The molecule has 1 N–H and O–H groups in total. The van der Waals surface area contributed by atoms with Crippen LogP contribution in [0.5, 0.6) is 5.75 Å². The SMILES string of the molecule is CCOc1cc2ccccc2cc1C(=O)NC1CCSc2ccccc21. The molecule has 3 nitrogen and oxygen atoms in total. The van der Waals surface area contributed by atoms with E-state index in [4.69, 9.17) is 4.74 Å². The maximum absolute atomic E-state index is 13.1. The van der Waals surface area contributed by atoms with Crippen molar-refractivity contribution < 1.29 is 9.53 Å². The van der Waals surface area contributed by atoms with E-state index in [1.807, 2.05) is 67.2 Å². The molecule has 1 atom stereocenters. The number of amides is 1. The molecule has 1 aliphatic heterocycles. The van der Waals surface area contributed by atoms with Crippen molar-refractivity contribution in [1.82, 2.24) is 5.32 Å². The summed E-state index contributed by atoms with van der Waals surface area (Å²) in [5.74, 6) is 1.57. The van der Waals surface area contributed by atoms with Crippen LogP contribution >= 0.6 is 11.8 Å². The molecule has 1 heterocycles. The third kappa shape index (κ3) is 3.29. The Hall–Kier alpha value is -2.46. The first-order valence-electron chi connectivity index (χ1n) is 8.94. The fourth-order valence-corrected chi connectivity index (χ4v) is 4.53. The highest BCUT2D eigenvalue weighted by Crippen LogP contribution is 2.36. The fraction of sp³-hybridized carbons (Fsp3) is 0.227. The van der Waals surface area contributed by atoms with E-state index in [1.165, 1.54) is 10.5 Å². The fourth-order valence-electron chi connectivity index (χ4n) is 3.40. The van der Waals surface area contributed by atoms with Crippen LogP contribution in [0, 0.1) is 0 Å². The predicted molar refractivity (Wildman–Crippen MR) is 107 cm³/mol. The summed E-state index contributed by atoms with van der Waals surface area (Å²) < 4.78 is 5.76. The first-order valence-corrected chi connectivity index (χ1v) is 9.93. The average molecular weight is 363 g/mol. The number of thioether (sulfide) groups is 1. The van der Waals surface area contributed by atoms with Crippen LogP contribution in [-0.4, -0.2) is 18.3 Å². The van der Waals surface area contributed by atoms with Crippen LogP contribution in [-0.2, 0) is 0 Å². The Labute approximate surface area is 157 Å². The number of rotatable bonds is 4. The molecule has 4 rings (SSSR count). The Morgan fingerprint density at radius 2 is 1.85 bits per heavy atom. The van der Waals surface area contributed by atoms with E-state index < -0.39 is 0 Å². The van der Waals surface area contributed by atoms with E-state index in [1.54, 1.807) is 0 Å². The molecule has 4 heteroatoms. The highest BCUT2D eigenvalue weighted by molar-refractivity contribution is 7.99. The number of carbonyl (C=O) groups is 1. The lowest BCUT2D eigenvalue weighted by Gasteiger charge is -2.26. The van der Waals surface area contributed by atoms with Crippen LogP contribution < -0.4 is 10.1 Å². The second kappa shape index (κ2) is 7.42. The summed E-state index contributed by atoms with van der Waals surface area (Å²) in [7, 11) is 0. The van der Waals surface area contributed by atoms with Gasteiger partial charge in [-0.1, -0.05) is 42.5 Å². The number of fused-ring (bicyclic) bond motifs is 2. The number of hydrogen-bond acceptors (Lipinski definition) is 3. The minimum absolute atomic E-state index is 0.0425. The van der Waals surface area contributed by atoms with Crippen molar-refractivity contribution in [2.75, 3.05) is 12.4 Å². The topological polar surface area (TPSA) is 38.3 Å². The zero-order chi connectivity index (χ0) is 17.9. The summed E-state index contributed by atoms with van der Waals surface area (Å²) in [4.78, 5) is 14.3. The van der Waals surface area contributed by atoms with Crippen molar-refractivity contribution >= 4 is 28.4 Å². The Morgan fingerprint density at radius 1 is 1.12 bits per heavy atom. The lowest BCUT2D eigenvalue weighted by Crippen LogP contribution is -2.31. The van der Waals surface area contributed by atoms with Gasteiger partial charge < -0.3 is 10.1 Å². The molecule has 1 unspecified atom stereocenters. The quantitative estimate of drug-likeness (QED) is 0.692. The van der Waals surface area contributed by atoms with E-state index in [0.717, 1.165) is 22.9 Å². The largest absolute Gasteiger partial charge is 0.493 e. The Bertz CT molecular complexity index is 954. The summed E-state index contributed by atoms with van der Waals surface area (Å²) >= 11 is 1.85. The van der Waals surface area contributed by atoms with Gasteiger partial charge in [0, 0.05) is 10.6 Å². The monoisotopic (exact) mass is 363 g/mol. The van der Waals surface area contributed by atoms with Gasteiger partial charge in [0.05, 0.1) is 18.2 Å². The summed E-state index contributed by atoms with van der Waals surface area (Å²) in [6.07, 6.45) is 0.935. The maximum Gasteiger partial charge on any atom is 0.255 e. The van der Waals surface area contributed by atoms with Crippen LogP contribution in [0.4, 0.5) is 0 Å². The Morgan fingerprint density at radius 3 is 2.65 bits per heavy atom. The molecule has 0 aromatic heterocycles. The van der Waals surface area contributed by atoms with Crippen molar-refractivity contribution in [3.8, 4) is 5.75 Å². The summed E-state index contributed by atoms with van der Waals surface area (Å²) in [5.41, 5.74) is 1.80. The molecule has 0 saturated carbocycles. The zero-order valence-electron chi connectivity index (χ0n) is 14.7. The molecule has 0 spiro atoms. The normalized spacial score (nSPS) is 16.1. The van der Waals surface area contributed by atoms with Gasteiger partial charge in [0.15, 0.2) is 0 Å². The molecular weight excluding hydrogens is 342 g/mol. The minimum atomic E-state index is -0.0779. The summed E-state index contributed by atoms with van der Waals surface area (Å²) in [5, 5.41) is 5.34. The summed E-state index contributed by atoms with van der Waals surface area (Å²) in [6.45, 7) is 2.47. The van der Waals surface area contributed by atoms with E-state index in [9.17, 15) is 4.79 Å². The molecule has 0 saturated heterocycles. The van der Waals surface area contributed by atoms with Crippen molar-refractivity contribution in [1.29, 1.82) is 0 Å². The first kappa shape index (κ1) is 17.0. The Balaban J connectivity index is 1.67. The second-order valence-electron chi connectivity index (χ2n) is 6.33. The van der Waals surface area contributed by atoms with Gasteiger partial charge in [-0.15, -0.1) is 11.8 Å². The molecule has 132 valence electrons. The highest BCUT2D eigenvalue weighted by Gasteiger charge is 2.24. The molecule has 26 heavy (non-hydrogen) atoms. The van der Waals surface area contributed by atoms with Crippen LogP contribution in [0.25, 0.3) is 10.8 Å². The molecular formula is C22H21NO2S. The molecule has 1 amide bonds. The molecule has 3 aromatic carbocycles. The van der Waals surface area contributed by atoms with Crippen LogP contribution in [0.2, 0.25) is 0 Å². The van der Waals surface area contributed by atoms with Gasteiger partial charge in [-0.2, -0.15) is 0 Å². The molecule has 0 bridgehead atoms. The van der Waals surface area contributed by atoms with Gasteiger partial charge in [0.1, 0.15) is 5.75 Å². The van der Waals surface area contributed by atoms with Gasteiger partial charge >= 0.3 is 0 Å². The van der Waals surface area contributed by atoms with E-state index in [-0.39, 0.29) is 11.9 Å². The zero-order valence-corrected chi connectivity index (χ0v) is 15.5. The van der Waals surface area contributed by atoms with Gasteiger partial charge in [-0.25, -0.2) is 0 Å². The van der Waals surface area contributed by atoms with E-state index >= 15 is 0 Å². The maximum atomic E-state index is 13.1. The van der Waals surface area contributed by atoms with Gasteiger partial charge in [-0.3, -0.25) is 4.79 Å². The molecule has 0 aliphatic carbocycles. The molecule has 3 aromatic rings. The van der Waals surface area contributed by atoms with Crippen molar-refractivity contribution in [3.05, 3.63) is 71.8 Å². The molecule has 0 fully saturated rings. The van der Waals surface area contributed by atoms with Crippen molar-refractivity contribution in [2.45, 2.75) is 24.3 Å². The van der Waals surface area contributed by atoms with Gasteiger partial charge in [0.25, 0.3) is 5.91 Å². The second-order valence-corrected chi connectivity index (χ2v) is 7.47. The van der Waals surface area contributed by atoms with Crippen molar-refractivity contribution in [2.24, 2.45) is 0 Å². The van der Waals surface area contributed by atoms with E-state index in [2.05, 4.69) is 17.4 Å². The smallest absolute Gasteiger partial charge is 0.255 e. The van der Waals surface area contributed by atoms with Crippen LogP contribution in [0.1, 0.15) is 35.3 Å². The molecule has 1 aliphatic rings. The lowest BCUT2D eigenvalue weighted by molar-refractivity contribution is 0.0931.